The number of ether oxygens (including phenoxy) is 1. The molecule has 0 aliphatic carbocycles. The van der Waals surface area contributed by atoms with Crippen molar-refractivity contribution in [2.45, 2.75) is 19.4 Å². The van der Waals surface area contributed by atoms with Crippen LogP contribution in [0.3, 0.4) is 0 Å². The highest BCUT2D eigenvalue weighted by atomic mass is 19.1. The third-order valence-corrected chi connectivity index (χ3v) is 5.24. The first kappa shape index (κ1) is 21.7. The highest BCUT2D eigenvalue weighted by Crippen LogP contribution is 2.14. The molecule has 0 bridgehead atoms. The van der Waals surface area contributed by atoms with Crippen molar-refractivity contribution >= 4 is 11.8 Å². The number of piperazine rings is 1. The number of nitrogens with zero attached hydrogens (tertiary/aromatic N) is 5. The SMILES string of the molecule is Cc1nonc1CC(=O)N1CCN(C)[C@@H](C(=O)N(C)CCOc2ccc(F)cc2)C1. The molecule has 1 aromatic carbocycles. The first-order valence-corrected chi connectivity index (χ1v) is 9.74. The van der Waals surface area contributed by atoms with Crippen LogP contribution < -0.4 is 4.74 Å². The van der Waals surface area contributed by atoms with E-state index in [2.05, 4.69) is 14.9 Å². The average Bonchev–Trinajstić information content (AvgIpc) is 3.13. The predicted molar refractivity (Wildman–Crippen MR) is 105 cm³/mol. The molecule has 1 atom stereocenters. The van der Waals surface area contributed by atoms with Gasteiger partial charge in [0.25, 0.3) is 0 Å². The number of carbonyl (C=O) groups is 2. The van der Waals surface area contributed by atoms with Crippen molar-refractivity contribution in [3.05, 3.63) is 41.5 Å². The van der Waals surface area contributed by atoms with Gasteiger partial charge in [-0.05, 0) is 38.2 Å². The third-order valence-electron chi connectivity index (χ3n) is 5.24. The molecular weight excluding hydrogens is 393 g/mol. The highest BCUT2D eigenvalue weighted by Gasteiger charge is 2.34. The van der Waals surface area contributed by atoms with Gasteiger partial charge in [0.15, 0.2) is 0 Å². The molecule has 1 aliphatic heterocycles. The van der Waals surface area contributed by atoms with E-state index in [0.717, 1.165) is 0 Å². The van der Waals surface area contributed by atoms with Gasteiger partial charge in [0.2, 0.25) is 11.8 Å². The van der Waals surface area contributed by atoms with Crippen molar-refractivity contribution in [1.29, 1.82) is 0 Å². The van der Waals surface area contributed by atoms with Crippen LogP contribution in [-0.4, -0.2) is 89.8 Å². The van der Waals surface area contributed by atoms with E-state index < -0.39 is 6.04 Å². The molecule has 162 valence electrons. The lowest BCUT2D eigenvalue weighted by Crippen LogP contribution is -2.59. The van der Waals surface area contributed by atoms with Gasteiger partial charge >= 0.3 is 0 Å². The molecule has 30 heavy (non-hydrogen) atoms. The minimum atomic E-state index is -0.435. The van der Waals surface area contributed by atoms with Crippen LogP contribution >= 0.6 is 0 Å². The maximum atomic E-state index is 12.9. The minimum Gasteiger partial charge on any atom is -0.492 e. The number of halogens is 1. The predicted octanol–water partition coefficient (Wildman–Crippen LogP) is 0.740. The van der Waals surface area contributed by atoms with Crippen LogP contribution in [0.2, 0.25) is 0 Å². The van der Waals surface area contributed by atoms with Gasteiger partial charge in [-0.25, -0.2) is 9.02 Å². The van der Waals surface area contributed by atoms with E-state index in [-0.39, 0.29) is 30.7 Å². The number of likely N-dealkylation sites (N-methyl/N-ethyl adjacent to an activating group) is 2. The number of hydrogen-bond donors (Lipinski definition) is 0. The van der Waals surface area contributed by atoms with Crippen LogP contribution in [0.5, 0.6) is 5.75 Å². The molecule has 2 amide bonds. The molecule has 0 unspecified atom stereocenters. The molecule has 2 aromatic rings. The first-order valence-electron chi connectivity index (χ1n) is 9.74. The van der Waals surface area contributed by atoms with Gasteiger partial charge in [-0.1, -0.05) is 10.3 Å². The van der Waals surface area contributed by atoms with Crippen molar-refractivity contribution < 1.29 is 23.3 Å². The molecule has 0 spiro atoms. The summed E-state index contributed by atoms with van der Waals surface area (Å²) in [5.74, 6) is 0.0180. The number of rotatable bonds is 7. The summed E-state index contributed by atoms with van der Waals surface area (Å²) in [6.45, 7) is 3.84. The smallest absolute Gasteiger partial charge is 0.241 e. The van der Waals surface area contributed by atoms with Gasteiger partial charge in [-0.3, -0.25) is 14.5 Å². The van der Waals surface area contributed by atoms with Crippen molar-refractivity contribution in [2.24, 2.45) is 0 Å². The Morgan fingerprint density at radius 3 is 2.67 bits per heavy atom. The monoisotopic (exact) mass is 419 g/mol. The molecule has 0 saturated carbocycles. The maximum absolute atomic E-state index is 12.9. The lowest BCUT2D eigenvalue weighted by molar-refractivity contribution is -0.142. The fourth-order valence-electron chi connectivity index (χ4n) is 3.23. The van der Waals surface area contributed by atoms with Gasteiger partial charge in [-0.2, -0.15) is 0 Å². The molecule has 0 N–H and O–H groups in total. The van der Waals surface area contributed by atoms with Crippen LogP contribution in [0.25, 0.3) is 0 Å². The molecule has 9 nitrogen and oxygen atoms in total. The van der Waals surface area contributed by atoms with E-state index in [1.807, 2.05) is 11.9 Å². The molecule has 1 saturated heterocycles. The summed E-state index contributed by atoms with van der Waals surface area (Å²) in [6, 6.07) is 5.30. The van der Waals surface area contributed by atoms with E-state index in [0.29, 0.717) is 43.3 Å². The lowest BCUT2D eigenvalue weighted by atomic mass is 10.1. The van der Waals surface area contributed by atoms with E-state index >= 15 is 0 Å². The van der Waals surface area contributed by atoms with Crippen LogP contribution in [0.4, 0.5) is 4.39 Å². The maximum Gasteiger partial charge on any atom is 0.241 e. The number of aromatic nitrogens is 2. The largest absolute Gasteiger partial charge is 0.492 e. The summed E-state index contributed by atoms with van der Waals surface area (Å²) in [7, 11) is 3.58. The number of amides is 2. The van der Waals surface area contributed by atoms with Gasteiger partial charge in [0, 0.05) is 26.7 Å². The normalized spacial score (nSPS) is 17.1. The second-order valence-corrected chi connectivity index (χ2v) is 7.37. The van der Waals surface area contributed by atoms with E-state index in [9.17, 15) is 14.0 Å². The van der Waals surface area contributed by atoms with Crippen molar-refractivity contribution in [3.8, 4) is 5.75 Å². The average molecular weight is 419 g/mol. The first-order chi connectivity index (χ1) is 14.3. The molecule has 1 aliphatic rings. The fourth-order valence-corrected chi connectivity index (χ4v) is 3.23. The zero-order chi connectivity index (χ0) is 21.7. The summed E-state index contributed by atoms with van der Waals surface area (Å²) in [6.07, 6.45) is 0.0985. The van der Waals surface area contributed by atoms with Crippen LogP contribution in [0.15, 0.2) is 28.9 Å². The third kappa shape index (κ3) is 5.32. The van der Waals surface area contributed by atoms with Gasteiger partial charge < -0.3 is 14.5 Å². The van der Waals surface area contributed by atoms with Gasteiger partial charge in [0.1, 0.15) is 35.6 Å². The summed E-state index contributed by atoms with van der Waals surface area (Å²) in [4.78, 5) is 30.8. The second-order valence-electron chi connectivity index (χ2n) is 7.37. The van der Waals surface area contributed by atoms with E-state index in [4.69, 9.17) is 4.74 Å². The van der Waals surface area contributed by atoms with Crippen LogP contribution in [-0.2, 0) is 16.0 Å². The van der Waals surface area contributed by atoms with E-state index in [1.54, 1.807) is 35.9 Å². The Bertz CT molecular complexity index is 872. The fraction of sp³-hybridized carbons (Fsp3) is 0.500. The molecule has 1 fully saturated rings. The Balaban J connectivity index is 1.52. The quantitative estimate of drug-likeness (QED) is 0.654. The summed E-state index contributed by atoms with van der Waals surface area (Å²) < 4.78 is 23.2. The van der Waals surface area contributed by atoms with Crippen LogP contribution in [0.1, 0.15) is 11.4 Å². The van der Waals surface area contributed by atoms with Crippen LogP contribution in [0, 0.1) is 12.7 Å². The number of aryl methyl sites for hydroxylation is 1. The molecule has 3 rings (SSSR count). The van der Waals surface area contributed by atoms with Crippen molar-refractivity contribution in [3.63, 3.8) is 0 Å². The Morgan fingerprint density at radius 1 is 1.27 bits per heavy atom. The summed E-state index contributed by atoms with van der Waals surface area (Å²) >= 11 is 0. The second kappa shape index (κ2) is 9.66. The Morgan fingerprint density at radius 2 is 2.00 bits per heavy atom. The summed E-state index contributed by atoms with van der Waals surface area (Å²) in [5, 5.41) is 7.45. The Labute approximate surface area is 174 Å². The number of carbonyl (C=O) groups excluding carboxylic acids is 2. The Hall–Kier alpha value is -3.01. The van der Waals surface area contributed by atoms with E-state index in [1.165, 1.54) is 12.1 Å². The standard InChI is InChI=1S/C20H26FN5O4/c1-14-17(23-30-22-14)12-19(27)26-9-8-24(2)18(13-26)20(28)25(3)10-11-29-16-6-4-15(21)5-7-16/h4-7,18H,8-13H2,1-3H3/t18-/m1/s1. The number of benzene rings is 1. The molecule has 10 heteroatoms. The summed E-state index contributed by atoms with van der Waals surface area (Å²) in [5.41, 5.74) is 1.10. The Kier molecular flexibility index (Phi) is 6.99. The van der Waals surface area contributed by atoms with Gasteiger partial charge in [0.05, 0.1) is 13.0 Å². The molecular formula is C20H26FN5O4. The molecule has 2 heterocycles. The lowest BCUT2D eigenvalue weighted by Gasteiger charge is -2.40. The van der Waals surface area contributed by atoms with Crippen molar-refractivity contribution in [1.82, 2.24) is 25.0 Å². The van der Waals surface area contributed by atoms with Gasteiger partial charge in [-0.15, -0.1) is 0 Å². The number of hydrogen-bond acceptors (Lipinski definition) is 7. The molecule has 0 radical (unpaired) electrons. The molecule has 1 aromatic heterocycles. The topological polar surface area (TPSA) is 92.0 Å². The zero-order valence-electron chi connectivity index (χ0n) is 17.4. The van der Waals surface area contributed by atoms with Crippen molar-refractivity contribution in [2.75, 3.05) is 46.9 Å². The minimum absolute atomic E-state index is 0.0861. The zero-order valence-corrected chi connectivity index (χ0v) is 17.4. The highest BCUT2D eigenvalue weighted by molar-refractivity contribution is 5.84.